The number of nitrogens with zero attached hydrogens (tertiary/aromatic N) is 1. The van der Waals surface area contributed by atoms with E-state index < -0.39 is 21.0 Å². The molecule has 2 amide bonds. The predicted molar refractivity (Wildman–Crippen MR) is 129 cm³/mol. The summed E-state index contributed by atoms with van der Waals surface area (Å²) in [6, 6.07) is 19.1. The van der Waals surface area contributed by atoms with Crippen molar-refractivity contribution in [3.05, 3.63) is 89.0 Å². The molecule has 6 nitrogen and oxygen atoms in total. The van der Waals surface area contributed by atoms with Gasteiger partial charge in [-0.25, -0.2) is 8.42 Å². The second kappa shape index (κ2) is 8.83. The summed E-state index contributed by atoms with van der Waals surface area (Å²) in [6.07, 6.45) is -0.239. The highest BCUT2D eigenvalue weighted by Crippen LogP contribution is 2.40. The Labute approximate surface area is 194 Å². The first kappa shape index (κ1) is 22.7. The molecule has 1 aliphatic heterocycles. The van der Waals surface area contributed by atoms with Gasteiger partial charge >= 0.3 is 0 Å². The number of sulfone groups is 1. The van der Waals surface area contributed by atoms with Crippen LogP contribution in [0.3, 0.4) is 0 Å². The fourth-order valence-corrected chi connectivity index (χ4v) is 6.35. The van der Waals surface area contributed by atoms with Crippen molar-refractivity contribution < 1.29 is 18.0 Å². The molecule has 33 heavy (non-hydrogen) atoms. The highest BCUT2D eigenvalue weighted by molar-refractivity contribution is 7.92. The molecular formula is C26H26N2O4S. The molecule has 1 unspecified atom stereocenters. The minimum Gasteiger partial charge on any atom is -0.324 e. The van der Waals surface area contributed by atoms with Gasteiger partial charge in [-0.1, -0.05) is 60.2 Å². The number of amides is 2. The molecule has 0 radical (unpaired) electrons. The van der Waals surface area contributed by atoms with Gasteiger partial charge in [-0.15, -0.1) is 0 Å². The summed E-state index contributed by atoms with van der Waals surface area (Å²) in [5.74, 6) is -0.798. The normalized spacial score (nSPS) is 17.2. The van der Waals surface area contributed by atoms with E-state index in [-0.39, 0.29) is 29.5 Å². The van der Waals surface area contributed by atoms with Crippen LogP contribution in [0.15, 0.2) is 71.6 Å². The van der Waals surface area contributed by atoms with Crippen molar-refractivity contribution in [2.75, 3.05) is 16.8 Å². The lowest BCUT2D eigenvalue weighted by Crippen LogP contribution is -2.38. The largest absolute Gasteiger partial charge is 0.324 e. The van der Waals surface area contributed by atoms with Crippen molar-refractivity contribution in [3.8, 4) is 0 Å². The molecule has 3 aromatic carbocycles. The Morgan fingerprint density at radius 3 is 2.24 bits per heavy atom. The van der Waals surface area contributed by atoms with E-state index in [1.54, 1.807) is 48.5 Å². The van der Waals surface area contributed by atoms with Crippen LogP contribution in [0, 0.1) is 20.8 Å². The zero-order valence-electron chi connectivity index (χ0n) is 18.8. The van der Waals surface area contributed by atoms with Gasteiger partial charge in [-0.2, -0.15) is 0 Å². The van der Waals surface area contributed by atoms with Crippen LogP contribution in [0.25, 0.3) is 0 Å². The van der Waals surface area contributed by atoms with Crippen molar-refractivity contribution in [2.45, 2.75) is 37.3 Å². The average molecular weight is 463 g/mol. The van der Waals surface area contributed by atoms with Gasteiger partial charge in [0.15, 0.2) is 9.84 Å². The zero-order valence-corrected chi connectivity index (χ0v) is 19.6. The molecule has 1 N–H and O–H groups in total. The van der Waals surface area contributed by atoms with Gasteiger partial charge in [0.1, 0.15) is 6.54 Å². The van der Waals surface area contributed by atoms with Gasteiger partial charge < -0.3 is 10.2 Å². The van der Waals surface area contributed by atoms with Crippen molar-refractivity contribution >= 4 is 33.0 Å². The minimum absolute atomic E-state index is 0.0557. The maximum atomic E-state index is 13.5. The van der Waals surface area contributed by atoms with Crippen LogP contribution in [-0.2, 0) is 19.4 Å². The third-order valence-electron chi connectivity index (χ3n) is 5.91. The fourth-order valence-electron chi connectivity index (χ4n) is 4.42. The molecule has 3 aromatic rings. The number of rotatable bonds is 4. The molecular weight excluding hydrogens is 436 g/mol. The molecule has 1 aliphatic rings. The second-order valence-corrected chi connectivity index (χ2v) is 10.5. The van der Waals surface area contributed by atoms with E-state index in [9.17, 15) is 18.0 Å². The van der Waals surface area contributed by atoms with E-state index >= 15 is 0 Å². The monoisotopic (exact) mass is 462 g/mol. The van der Waals surface area contributed by atoms with Crippen molar-refractivity contribution in [1.82, 2.24) is 0 Å². The quantitative estimate of drug-likeness (QED) is 0.619. The lowest BCUT2D eigenvalue weighted by atomic mass is 10.1. The number of carbonyl (C=O) groups is 2. The summed E-state index contributed by atoms with van der Waals surface area (Å²) in [6.45, 7) is 5.54. The van der Waals surface area contributed by atoms with Crippen molar-refractivity contribution in [1.29, 1.82) is 0 Å². The summed E-state index contributed by atoms with van der Waals surface area (Å²) in [5.41, 5.74) is 4.43. The van der Waals surface area contributed by atoms with Crippen LogP contribution in [0.4, 0.5) is 11.4 Å². The first-order valence-electron chi connectivity index (χ1n) is 10.7. The summed E-state index contributed by atoms with van der Waals surface area (Å²) in [7, 11) is -3.85. The van der Waals surface area contributed by atoms with E-state index in [4.69, 9.17) is 0 Å². The van der Waals surface area contributed by atoms with Gasteiger partial charge in [0.05, 0.1) is 15.8 Å². The summed E-state index contributed by atoms with van der Waals surface area (Å²) < 4.78 is 27.1. The van der Waals surface area contributed by atoms with Crippen LogP contribution >= 0.6 is 0 Å². The topological polar surface area (TPSA) is 83.6 Å². The number of hydrogen-bond donors (Lipinski definition) is 1. The van der Waals surface area contributed by atoms with E-state index in [0.29, 0.717) is 11.3 Å². The molecule has 0 spiro atoms. The molecule has 0 bridgehead atoms. The van der Waals surface area contributed by atoms with E-state index in [1.807, 2.05) is 32.9 Å². The standard InChI is InChI=1S/C26H26N2O4S/c1-17-13-18(2)26(19(3)14-17)27-24(29)16-28-21-11-7-8-12-22(21)33(31,32)23(15-25(28)30)20-9-5-4-6-10-20/h4-14,23H,15-16H2,1-3H3,(H,27,29). The van der Waals surface area contributed by atoms with E-state index in [0.717, 1.165) is 16.7 Å². The molecule has 0 aliphatic carbocycles. The Hall–Kier alpha value is -3.45. The van der Waals surface area contributed by atoms with Gasteiger partial charge in [0.25, 0.3) is 0 Å². The average Bonchev–Trinajstić information content (AvgIpc) is 2.85. The number of carbonyl (C=O) groups excluding carboxylic acids is 2. The molecule has 170 valence electrons. The number of benzene rings is 3. The molecule has 1 atom stereocenters. The molecule has 4 rings (SSSR count). The lowest BCUT2D eigenvalue weighted by Gasteiger charge is -2.22. The molecule has 0 saturated heterocycles. The number of fused-ring (bicyclic) bond motifs is 1. The van der Waals surface area contributed by atoms with Crippen LogP contribution in [0.1, 0.15) is 33.9 Å². The third kappa shape index (κ3) is 4.41. The van der Waals surface area contributed by atoms with Crippen LogP contribution < -0.4 is 10.2 Å². The zero-order chi connectivity index (χ0) is 23.8. The number of anilines is 2. The first-order valence-corrected chi connectivity index (χ1v) is 12.3. The summed E-state index contributed by atoms with van der Waals surface area (Å²) in [4.78, 5) is 27.6. The van der Waals surface area contributed by atoms with Gasteiger partial charge in [0.2, 0.25) is 11.8 Å². The van der Waals surface area contributed by atoms with Crippen LogP contribution in [0.2, 0.25) is 0 Å². The maximum absolute atomic E-state index is 13.5. The van der Waals surface area contributed by atoms with Gasteiger partial charge in [-0.05, 0) is 49.6 Å². The molecule has 1 heterocycles. The third-order valence-corrected chi connectivity index (χ3v) is 8.06. The Bertz CT molecular complexity index is 1310. The van der Waals surface area contributed by atoms with Gasteiger partial charge in [-0.3, -0.25) is 9.59 Å². The highest BCUT2D eigenvalue weighted by Gasteiger charge is 2.39. The van der Waals surface area contributed by atoms with Gasteiger partial charge in [0, 0.05) is 12.1 Å². The highest BCUT2D eigenvalue weighted by atomic mass is 32.2. The molecule has 0 aromatic heterocycles. The molecule has 0 fully saturated rings. The Morgan fingerprint density at radius 1 is 0.970 bits per heavy atom. The summed E-state index contributed by atoms with van der Waals surface area (Å²) >= 11 is 0. The van der Waals surface area contributed by atoms with Crippen molar-refractivity contribution in [2.24, 2.45) is 0 Å². The van der Waals surface area contributed by atoms with E-state index in [1.165, 1.54) is 11.0 Å². The Kier molecular flexibility index (Phi) is 6.08. The minimum atomic E-state index is -3.85. The second-order valence-electron chi connectivity index (χ2n) is 8.42. The SMILES string of the molecule is Cc1cc(C)c(NC(=O)CN2C(=O)CC(c3ccccc3)S(=O)(=O)c3ccccc32)c(C)c1. The van der Waals surface area contributed by atoms with Crippen LogP contribution in [0.5, 0.6) is 0 Å². The van der Waals surface area contributed by atoms with Crippen LogP contribution in [-0.4, -0.2) is 26.8 Å². The maximum Gasteiger partial charge on any atom is 0.244 e. The summed E-state index contributed by atoms with van der Waals surface area (Å²) in [5, 5.41) is 1.89. The number of hydrogen-bond acceptors (Lipinski definition) is 4. The number of para-hydroxylation sites is 1. The van der Waals surface area contributed by atoms with Crippen molar-refractivity contribution in [3.63, 3.8) is 0 Å². The number of nitrogens with one attached hydrogen (secondary N) is 1. The Balaban J connectivity index is 1.70. The van der Waals surface area contributed by atoms with E-state index in [2.05, 4.69) is 5.32 Å². The smallest absolute Gasteiger partial charge is 0.244 e. The Morgan fingerprint density at radius 2 is 1.58 bits per heavy atom. The predicted octanol–water partition coefficient (Wildman–Crippen LogP) is 4.50. The molecule has 0 saturated carbocycles. The first-order chi connectivity index (χ1) is 15.7. The lowest BCUT2D eigenvalue weighted by molar-refractivity contribution is -0.121. The molecule has 7 heteroatoms. The fraction of sp³-hybridized carbons (Fsp3) is 0.231. The number of aryl methyl sites for hydroxylation is 3.